The van der Waals surface area contributed by atoms with Crippen molar-refractivity contribution in [2.45, 2.75) is 26.1 Å². The fourth-order valence-electron chi connectivity index (χ4n) is 2.02. The number of hydrogen-bond donors (Lipinski definition) is 1. The van der Waals surface area contributed by atoms with Crippen LogP contribution in [-0.2, 0) is 16.2 Å². The van der Waals surface area contributed by atoms with E-state index in [-0.39, 0.29) is 5.82 Å². The molecule has 0 fully saturated rings. The van der Waals surface area contributed by atoms with Gasteiger partial charge >= 0.3 is 0 Å². The van der Waals surface area contributed by atoms with Crippen LogP contribution in [-0.4, -0.2) is 23.5 Å². The third-order valence-corrected chi connectivity index (χ3v) is 3.63. The van der Waals surface area contributed by atoms with Crippen molar-refractivity contribution in [1.82, 2.24) is 0 Å². The Balaban J connectivity index is 2.13. The largest absolute Gasteiger partial charge is 0.489 e. The summed E-state index contributed by atoms with van der Waals surface area (Å²) < 4.78 is 18.6. The van der Waals surface area contributed by atoms with Gasteiger partial charge < -0.3 is 14.7 Å². The molecule has 0 unspecified atom stereocenters. The van der Waals surface area contributed by atoms with Gasteiger partial charge in [0.25, 0.3) is 0 Å². The highest BCUT2D eigenvalue weighted by Crippen LogP contribution is 2.22. The van der Waals surface area contributed by atoms with Crippen LogP contribution in [0.25, 0.3) is 0 Å². The fourth-order valence-corrected chi connectivity index (χ4v) is 2.02. The molecule has 25 heavy (non-hydrogen) atoms. The first-order chi connectivity index (χ1) is 11.8. The van der Waals surface area contributed by atoms with Crippen LogP contribution in [0.1, 0.15) is 19.4 Å². The van der Waals surface area contributed by atoms with E-state index in [9.17, 15) is 9.50 Å². The molecule has 0 saturated carbocycles. The maximum absolute atomic E-state index is 12.9. The van der Waals surface area contributed by atoms with E-state index in [0.717, 1.165) is 11.1 Å². The zero-order chi connectivity index (χ0) is 18.4. The van der Waals surface area contributed by atoms with Crippen LogP contribution in [0.5, 0.6) is 0 Å². The second kappa shape index (κ2) is 7.94. The van der Waals surface area contributed by atoms with E-state index in [0.29, 0.717) is 23.7 Å². The van der Waals surface area contributed by atoms with Gasteiger partial charge in [-0.2, -0.15) is 0 Å². The van der Waals surface area contributed by atoms with Crippen LogP contribution in [0.4, 0.5) is 4.39 Å². The van der Waals surface area contributed by atoms with Crippen molar-refractivity contribution < 1.29 is 19.1 Å². The van der Waals surface area contributed by atoms with Crippen molar-refractivity contribution in [1.29, 1.82) is 0 Å². The van der Waals surface area contributed by atoms with Gasteiger partial charge in [0.2, 0.25) is 0 Å². The number of ether oxygens (including phenoxy) is 1. The molecular weight excluding hydrogens is 321 g/mol. The Morgan fingerprint density at radius 2 is 1.96 bits per heavy atom. The summed E-state index contributed by atoms with van der Waals surface area (Å²) in [5.74, 6) is 0.322. The number of nitrogens with zero attached hydrogens (tertiary/aromatic N) is 1. The normalized spacial score (nSPS) is 17.6. The predicted octanol–water partition coefficient (Wildman–Crippen LogP) is 4.05. The number of benzene rings is 1. The summed E-state index contributed by atoms with van der Waals surface area (Å²) in [5.41, 5.74) is 1.70. The minimum Gasteiger partial charge on any atom is -0.489 e. The minimum absolute atomic E-state index is 0.281. The molecule has 1 aliphatic carbocycles. The molecule has 0 bridgehead atoms. The van der Waals surface area contributed by atoms with Crippen molar-refractivity contribution in [3.8, 4) is 0 Å². The highest BCUT2D eigenvalue weighted by molar-refractivity contribution is 6.11. The number of allylic oxidation sites excluding steroid dienone is 4. The van der Waals surface area contributed by atoms with Crippen LogP contribution < -0.4 is 0 Å². The van der Waals surface area contributed by atoms with Crippen LogP contribution in [0, 0.1) is 5.82 Å². The Morgan fingerprint density at radius 1 is 1.28 bits per heavy atom. The second-order valence-electron chi connectivity index (χ2n) is 6.14. The lowest BCUT2D eigenvalue weighted by Crippen LogP contribution is -2.20. The summed E-state index contributed by atoms with van der Waals surface area (Å²) in [5, 5.41) is 14.0. The van der Waals surface area contributed by atoms with Crippen molar-refractivity contribution in [3.63, 3.8) is 0 Å². The molecule has 1 aromatic rings. The predicted molar refractivity (Wildman–Crippen MR) is 96.4 cm³/mol. The monoisotopic (exact) mass is 343 g/mol. The van der Waals surface area contributed by atoms with E-state index in [2.05, 4.69) is 11.7 Å². The maximum Gasteiger partial charge on any atom is 0.123 e. The quantitative estimate of drug-likeness (QED) is 0.793. The molecule has 1 N–H and O–H groups in total. The topological polar surface area (TPSA) is 51.0 Å². The van der Waals surface area contributed by atoms with Crippen LogP contribution in [0.3, 0.4) is 0 Å². The highest BCUT2D eigenvalue weighted by Gasteiger charge is 2.18. The summed E-state index contributed by atoms with van der Waals surface area (Å²) >= 11 is 0. The van der Waals surface area contributed by atoms with Gasteiger partial charge in [-0.05, 0) is 55.3 Å². The first kappa shape index (κ1) is 18.7. The Hall–Kier alpha value is -2.66. The molecule has 1 aliphatic rings. The maximum atomic E-state index is 12.9. The van der Waals surface area contributed by atoms with Crippen molar-refractivity contribution in [2.75, 3.05) is 7.11 Å². The molecular formula is C20H22FNO3. The summed E-state index contributed by atoms with van der Waals surface area (Å²) in [6.07, 6.45) is 7.09. The third kappa shape index (κ3) is 5.43. The molecule has 0 radical (unpaired) electrons. The highest BCUT2D eigenvalue weighted by atomic mass is 19.1. The van der Waals surface area contributed by atoms with Gasteiger partial charge in [0.15, 0.2) is 0 Å². The van der Waals surface area contributed by atoms with E-state index < -0.39 is 5.60 Å². The van der Waals surface area contributed by atoms with Gasteiger partial charge in [0, 0.05) is 11.6 Å². The third-order valence-electron chi connectivity index (χ3n) is 3.63. The Labute approximate surface area is 147 Å². The lowest BCUT2D eigenvalue weighted by atomic mass is 9.94. The Morgan fingerprint density at radius 3 is 2.56 bits per heavy atom. The van der Waals surface area contributed by atoms with Crippen LogP contribution >= 0.6 is 0 Å². The number of aliphatic hydroxyl groups is 1. The van der Waals surface area contributed by atoms with Gasteiger partial charge in [-0.1, -0.05) is 23.9 Å². The molecule has 4 nitrogen and oxygen atoms in total. The van der Waals surface area contributed by atoms with Gasteiger partial charge in [0.05, 0.1) is 5.60 Å². The standard InChI is InChI=1S/C20H22FNO3/c1-14(20(2,3)23)11-16-7-10-18(12-19(16)22-24-4)25-13-15-5-8-17(21)9-6-15/h5-12,23H,1,13H2,2-4H3/b16-11-,22-19+. The molecule has 0 atom stereocenters. The first-order valence-corrected chi connectivity index (χ1v) is 7.81. The van der Waals surface area contributed by atoms with Crippen LogP contribution in [0.2, 0.25) is 0 Å². The summed E-state index contributed by atoms with van der Waals surface area (Å²) in [6, 6.07) is 6.13. The smallest absolute Gasteiger partial charge is 0.123 e. The molecule has 1 aromatic carbocycles. The van der Waals surface area contributed by atoms with Crippen molar-refractivity contribution in [3.05, 3.63) is 83.4 Å². The zero-order valence-electron chi connectivity index (χ0n) is 14.6. The Bertz CT molecular complexity index is 750. The summed E-state index contributed by atoms with van der Waals surface area (Å²) in [4.78, 5) is 4.88. The number of hydrogen-bond acceptors (Lipinski definition) is 4. The first-order valence-electron chi connectivity index (χ1n) is 7.81. The number of rotatable bonds is 6. The fraction of sp³-hybridized carbons (Fsp3) is 0.250. The van der Waals surface area contributed by atoms with Gasteiger partial charge in [0.1, 0.15) is 31.0 Å². The molecule has 2 rings (SSSR count). The minimum atomic E-state index is -1.03. The van der Waals surface area contributed by atoms with Crippen molar-refractivity contribution in [2.24, 2.45) is 5.16 Å². The number of oxime groups is 1. The SMILES string of the molecule is C=C(/C=C1/C=CC(OCc2ccc(F)cc2)=C/C1=N\OC)C(C)(C)O. The molecule has 0 saturated heterocycles. The van der Waals surface area contributed by atoms with Gasteiger partial charge in [-0.3, -0.25) is 0 Å². The van der Waals surface area contributed by atoms with E-state index in [1.807, 2.05) is 6.08 Å². The average molecular weight is 343 g/mol. The molecule has 132 valence electrons. The molecule has 5 heteroatoms. The van der Waals surface area contributed by atoms with E-state index in [4.69, 9.17) is 9.57 Å². The molecule has 0 aliphatic heterocycles. The van der Waals surface area contributed by atoms with Gasteiger partial charge in [-0.15, -0.1) is 0 Å². The zero-order valence-corrected chi connectivity index (χ0v) is 14.6. The summed E-state index contributed by atoms with van der Waals surface area (Å²) in [7, 11) is 1.46. The molecule has 0 aromatic heterocycles. The van der Waals surface area contributed by atoms with Gasteiger partial charge in [-0.25, -0.2) is 4.39 Å². The van der Waals surface area contributed by atoms with Crippen molar-refractivity contribution >= 4 is 5.71 Å². The second-order valence-corrected chi connectivity index (χ2v) is 6.14. The molecule has 0 amide bonds. The van der Waals surface area contributed by atoms with E-state index in [1.54, 1.807) is 44.2 Å². The Kier molecular flexibility index (Phi) is 5.93. The average Bonchev–Trinajstić information content (AvgIpc) is 2.55. The van der Waals surface area contributed by atoms with E-state index >= 15 is 0 Å². The molecule has 0 spiro atoms. The lowest BCUT2D eigenvalue weighted by Gasteiger charge is -2.19. The van der Waals surface area contributed by atoms with E-state index in [1.165, 1.54) is 19.2 Å². The number of halogens is 1. The van der Waals surface area contributed by atoms with Crippen LogP contribution in [0.15, 0.2) is 77.2 Å². The lowest BCUT2D eigenvalue weighted by molar-refractivity contribution is 0.124. The molecule has 0 heterocycles. The summed E-state index contributed by atoms with van der Waals surface area (Å²) in [6.45, 7) is 7.52.